The van der Waals surface area contributed by atoms with Crippen molar-refractivity contribution < 1.29 is 19.4 Å². The molecule has 0 radical (unpaired) electrons. The molecule has 422 valence electrons. The first-order valence-corrected chi connectivity index (χ1v) is 26.6. The van der Waals surface area contributed by atoms with Crippen LogP contribution in [-0.2, 0) is 17.9 Å². The van der Waals surface area contributed by atoms with Crippen molar-refractivity contribution >= 4 is 52.3 Å². The van der Waals surface area contributed by atoms with Gasteiger partial charge in [-0.25, -0.2) is 34.3 Å². The van der Waals surface area contributed by atoms with Crippen LogP contribution in [-0.4, -0.2) is 137 Å². The van der Waals surface area contributed by atoms with Gasteiger partial charge in [0.1, 0.15) is 46.7 Å². The second-order valence-corrected chi connectivity index (χ2v) is 20.2. The molecule has 0 amide bonds. The van der Waals surface area contributed by atoms with Gasteiger partial charge in [0.05, 0.1) is 11.4 Å². The van der Waals surface area contributed by atoms with Gasteiger partial charge in [-0.2, -0.15) is 0 Å². The van der Waals surface area contributed by atoms with E-state index in [0.29, 0.717) is 82.7 Å². The fourth-order valence-corrected chi connectivity index (χ4v) is 9.67. The van der Waals surface area contributed by atoms with Crippen LogP contribution in [0.2, 0.25) is 0 Å². The van der Waals surface area contributed by atoms with Crippen LogP contribution in [0.4, 0.5) is 11.6 Å². The molecule has 1 unspecified atom stereocenters. The highest BCUT2D eigenvalue weighted by Gasteiger charge is 2.27. The third kappa shape index (κ3) is 15.6. The van der Waals surface area contributed by atoms with Crippen molar-refractivity contribution in [3.63, 3.8) is 0 Å². The van der Waals surface area contributed by atoms with E-state index >= 15 is 0 Å². The average Bonchev–Trinajstić information content (AvgIpc) is 3.89. The number of ether oxygens (including phenoxy) is 2. The van der Waals surface area contributed by atoms with Crippen LogP contribution in [0.5, 0.6) is 23.0 Å². The Morgan fingerprint density at radius 1 is 0.637 bits per heavy atom. The van der Waals surface area contributed by atoms with Gasteiger partial charge in [0.25, 0.3) is 0 Å². The second-order valence-electron chi connectivity index (χ2n) is 20.2. The second kappa shape index (κ2) is 28.7. The number of carboxylic acid groups (broad SMARTS) is 1. The van der Waals surface area contributed by atoms with Crippen molar-refractivity contribution in [2.45, 2.75) is 51.7 Å². The molecule has 10 rings (SSSR count). The molecule has 21 heteroatoms. The number of aliphatic carboxylic acids is 1. The van der Waals surface area contributed by atoms with Crippen molar-refractivity contribution in [3.8, 4) is 34.4 Å². The number of imidazole rings is 2. The van der Waals surface area contributed by atoms with Gasteiger partial charge in [0.2, 0.25) is 0 Å². The smallest absolute Gasteiger partial charge is 0.335 e. The number of likely N-dealkylation sites (N-methyl/N-ethyl adjacent to an activating group) is 2. The molecule has 6 N–H and O–H groups in total. The average molecular weight is 1110 g/mol. The first-order valence-electron chi connectivity index (χ1n) is 26.6. The van der Waals surface area contributed by atoms with Crippen LogP contribution in [0.1, 0.15) is 32.6 Å². The Kier molecular flexibility index (Phi) is 21.3. The van der Waals surface area contributed by atoms with Crippen LogP contribution in [0.3, 0.4) is 0 Å². The number of fused-ring (bicyclic) bond motifs is 2. The summed E-state index contributed by atoms with van der Waals surface area (Å²) in [6, 6.07) is 34.4. The van der Waals surface area contributed by atoms with Crippen molar-refractivity contribution in [2.75, 3.05) is 78.9 Å². The first kappa shape index (κ1) is 59.5. The molecule has 0 aliphatic carbocycles. The van der Waals surface area contributed by atoms with Crippen molar-refractivity contribution in [2.24, 2.45) is 11.8 Å². The number of likely N-dealkylation sites (tertiary alicyclic amines) is 1. The minimum atomic E-state index is -0.892. The Morgan fingerprint density at radius 2 is 1.05 bits per heavy atom. The zero-order chi connectivity index (χ0) is 55.8. The summed E-state index contributed by atoms with van der Waals surface area (Å²) in [7, 11) is 7.92. The Bertz CT molecular complexity index is 3420. The Hall–Kier alpha value is -8.14. The van der Waals surface area contributed by atoms with Crippen LogP contribution in [0.15, 0.2) is 156 Å². The van der Waals surface area contributed by atoms with E-state index in [2.05, 4.69) is 68.2 Å². The summed E-state index contributed by atoms with van der Waals surface area (Å²) in [5.41, 5.74) is 15.8. The number of halogens is 1. The van der Waals surface area contributed by atoms with Crippen molar-refractivity contribution in [3.05, 3.63) is 167 Å². The van der Waals surface area contributed by atoms with Crippen molar-refractivity contribution in [1.82, 2.24) is 58.2 Å². The Labute approximate surface area is 472 Å². The predicted octanol–water partition coefficient (Wildman–Crippen LogP) is 7.74. The Balaban J connectivity index is 0.000000202. The van der Waals surface area contributed by atoms with Gasteiger partial charge in [-0.1, -0.05) is 54.6 Å². The molecule has 20 nitrogen and oxygen atoms in total. The van der Waals surface area contributed by atoms with E-state index in [1.165, 1.54) is 12.7 Å². The number of anilines is 2. The summed E-state index contributed by atoms with van der Waals surface area (Å²) in [6.45, 7) is 9.05. The highest BCUT2D eigenvalue weighted by Crippen LogP contribution is 2.29. The Morgan fingerprint density at radius 3 is 1.48 bits per heavy atom. The molecule has 4 aromatic heterocycles. The largest absolute Gasteiger partial charge is 0.478 e. The molecule has 80 heavy (non-hydrogen) atoms. The molecular weight excluding hydrogens is 1040 g/mol. The fraction of sp³-hybridized carbons (Fsp3) is 0.339. The molecule has 6 heterocycles. The predicted molar refractivity (Wildman–Crippen MR) is 318 cm³/mol. The zero-order valence-corrected chi connectivity index (χ0v) is 46.9. The number of piperidine rings is 2. The number of hydrogen-bond acceptors (Lipinski definition) is 15. The number of nitrogens with one attached hydrogen (secondary N) is 1. The summed E-state index contributed by atoms with van der Waals surface area (Å²) in [5, 5.41) is 11.5. The van der Waals surface area contributed by atoms with Gasteiger partial charge in [-0.15, -0.1) is 12.4 Å². The van der Waals surface area contributed by atoms with Crippen LogP contribution in [0.25, 0.3) is 33.7 Å². The van der Waals surface area contributed by atoms with Gasteiger partial charge >= 0.3 is 17.3 Å². The molecule has 1 atom stereocenters. The van der Waals surface area contributed by atoms with Gasteiger partial charge in [0, 0.05) is 38.3 Å². The van der Waals surface area contributed by atoms with E-state index in [0.717, 1.165) is 76.0 Å². The summed E-state index contributed by atoms with van der Waals surface area (Å²) in [6.07, 6.45) is 14.2. The number of nitrogens with two attached hydrogens (primary N) is 2. The number of benzene rings is 4. The molecule has 4 aromatic carbocycles. The fourth-order valence-electron chi connectivity index (χ4n) is 9.67. The molecule has 8 aromatic rings. The SMILES string of the molecule is CC(/C=C/CN(C)C)N1CCC(Cn2c(=O)n(-c3ccc(Oc4ccccc4)cc3)c3c(N)ncnc32)CC1.CN(C)C/C=C/C(=O)O.Cl.Nc1ncnc2c1n(-c1ccc(Oc3ccccc3)cc1)c(=O)n2CC1CCNCC1. The minimum absolute atomic E-state index is 0. The molecule has 2 aliphatic rings. The minimum Gasteiger partial charge on any atom is -0.478 e. The van der Waals surface area contributed by atoms with E-state index in [-0.39, 0.29) is 35.4 Å². The number of hydrogen-bond donors (Lipinski definition) is 4. The van der Waals surface area contributed by atoms with E-state index in [1.54, 1.807) is 24.3 Å². The third-order valence-electron chi connectivity index (χ3n) is 13.8. The summed E-state index contributed by atoms with van der Waals surface area (Å²) < 4.78 is 18.5. The zero-order valence-electron chi connectivity index (χ0n) is 46.0. The molecule has 0 saturated carbocycles. The monoisotopic (exact) mass is 1110 g/mol. The maximum Gasteiger partial charge on any atom is 0.335 e. The molecular formula is C59H73ClN14O6. The topological polar surface area (TPSA) is 235 Å². The highest BCUT2D eigenvalue weighted by atomic mass is 35.5. The quantitative estimate of drug-likeness (QED) is 0.0504. The number of rotatable bonds is 17. The van der Waals surface area contributed by atoms with E-state index in [4.69, 9.17) is 26.0 Å². The lowest BCUT2D eigenvalue weighted by Crippen LogP contribution is -2.40. The molecule has 0 spiro atoms. The summed E-state index contributed by atoms with van der Waals surface area (Å²) in [4.78, 5) is 60.9. The molecule has 2 saturated heterocycles. The summed E-state index contributed by atoms with van der Waals surface area (Å²) in [5.74, 6) is 3.37. The van der Waals surface area contributed by atoms with Crippen LogP contribution < -0.4 is 37.6 Å². The summed E-state index contributed by atoms with van der Waals surface area (Å²) >= 11 is 0. The number of carbonyl (C=O) groups is 1. The number of carboxylic acids is 1. The lowest BCUT2D eigenvalue weighted by atomic mass is 9.95. The van der Waals surface area contributed by atoms with Crippen LogP contribution in [0, 0.1) is 11.8 Å². The molecule has 2 aliphatic heterocycles. The number of para-hydroxylation sites is 2. The standard InChI is InChI=1S/C30H37N7O2.C23H24N6O2.C6H11NO2.ClH/c1-22(8-7-17-34(2)3)35-18-15-23(16-19-35)20-36-29-27(28(31)32-21-33-29)37(30(36)38)24-11-13-26(14-12-24)39-25-9-5-4-6-10-25;24-21-20-22(27-15-26-21)28(14-16-10-12-25-13-11-16)23(30)29(20)17-6-8-19(9-7-17)31-18-4-2-1-3-5-18;1-7(2)5-3-4-6(8)9;/h4-14,21-23H,15-20H2,1-3H3,(H2,31,32,33);1-9,15-16,25H,10-14H2,(H2,24,26,27);3-4H,5H2,1-2H3,(H,8,9);1H/b8-7+;;4-3+;. The van der Waals surface area contributed by atoms with Gasteiger partial charge in [-0.3, -0.25) is 23.2 Å². The van der Waals surface area contributed by atoms with Gasteiger partial charge in [-0.05, 0) is 172 Å². The van der Waals surface area contributed by atoms with Crippen molar-refractivity contribution in [1.29, 1.82) is 0 Å². The van der Waals surface area contributed by atoms with Gasteiger partial charge in [0.15, 0.2) is 22.9 Å². The van der Waals surface area contributed by atoms with Crippen LogP contribution >= 0.6 is 12.4 Å². The number of nitrogens with zero attached hydrogens (tertiary/aromatic N) is 11. The van der Waals surface area contributed by atoms with E-state index in [1.807, 2.05) is 128 Å². The highest BCUT2D eigenvalue weighted by molar-refractivity contribution is 5.86. The van der Waals surface area contributed by atoms with Gasteiger partial charge < -0.3 is 41.2 Å². The lowest BCUT2D eigenvalue weighted by molar-refractivity contribution is -0.131. The van der Waals surface area contributed by atoms with E-state index < -0.39 is 5.97 Å². The lowest BCUT2D eigenvalue weighted by Gasteiger charge is -2.35. The van der Waals surface area contributed by atoms with E-state index in [9.17, 15) is 14.4 Å². The molecule has 2 fully saturated rings. The maximum atomic E-state index is 13.8. The first-order chi connectivity index (χ1) is 38.2. The normalized spacial score (nSPS) is 14.7. The maximum absolute atomic E-state index is 13.8. The third-order valence-corrected chi connectivity index (χ3v) is 13.8. The molecule has 0 bridgehead atoms. The number of aromatic nitrogens is 8. The number of nitrogen functional groups attached to an aromatic ring is 2.